The van der Waals surface area contributed by atoms with E-state index in [1.807, 2.05) is 24.3 Å². The zero-order valence-corrected chi connectivity index (χ0v) is 6.79. The molecule has 2 aromatic rings. The van der Waals surface area contributed by atoms with E-state index in [-0.39, 0.29) is 0 Å². The minimum Gasteiger partial charge on any atom is -0.471 e. The summed E-state index contributed by atoms with van der Waals surface area (Å²) in [5, 5.41) is 23.8. The Morgan fingerprint density at radius 3 is 1.69 bits per heavy atom. The molecular weight excluding hydrogens is 171 g/mol. The summed E-state index contributed by atoms with van der Waals surface area (Å²) in [7, 11) is -2.17. The van der Waals surface area contributed by atoms with Crippen molar-refractivity contribution in [2.24, 2.45) is 0 Å². The molecule has 0 aliphatic heterocycles. The van der Waals surface area contributed by atoms with Gasteiger partial charge in [0.2, 0.25) is 0 Å². The summed E-state index contributed by atoms with van der Waals surface area (Å²) in [5.41, 5.74) is 0. The Morgan fingerprint density at radius 2 is 1.31 bits per heavy atom. The summed E-state index contributed by atoms with van der Waals surface area (Å²) >= 11 is 0. The summed E-state index contributed by atoms with van der Waals surface area (Å²) in [6.45, 7) is 0. The SMILES string of the molecule is OB(O)O.c1ccc2cocc2c1. The Bertz CT molecular complexity index is 325. The van der Waals surface area contributed by atoms with Crippen LogP contribution in [0.5, 0.6) is 0 Å². The standard InChI is InChI=1S/C8H6O.BH3O3/c1-2-4-8-6-9-5-7(8)3-1;2-1(3)4/h1-6H;2-4H. The largest absolute Gasteiger partial charge is 0.631 e. The molecule has 5 heteroatoms. The van der Waals surface area contributed by atoms with Crippen LogP contribution in [0.3, 0.4) is 0 Å². The molecule has 0 atom stereocenters. The fraction of sp³-hybridized carbons (Fsp3) is 0. The van der Waals surface area contributed by atoms with Crippen molar-refractivity contribution in [3.63, 3.8) is 0 Å². The normalized spacial score (nSPS) is 9.15. The molecule has 0 saturated carbocycles. The average molecular weight is 180 g/mol. The van der Waals surface area contributed by atoms with Gasteiger partial charge in [0.05, 0.1) is 12.5 Å². The van der Waals surface area contributed by atoms with E-state index in [0.29, 0.717) is 0 Å². The van der Waals surface area contributed by atoms with Gasteiger partial charge in [-0.2, -0.15) is 0 Å². The predicted octanol–water partition coefficient (Wildman–Crippen LogP) is 0.381. The summed E-state index contributed by atoms with van der Waals surface area (Å²) in [5.74, 6) is 0. The summed E-state index contributed by atoms with van der Waals surface area (Å²) < 4.78 is 4.96. The van der Waals surface area contributed by atoms with Crippen molar-refractivity contribution in [2.45, 2.75) is 0 Å². The summed E-state index contributed by atoms with van der Waals surface area (Å²) in [6.07, 6.45) is 3.49. The summed E-state index contributed by atoms with van der Waals surface area (Å²) in [4.78, 5) is 0. The number of hydrogen-bond acceptors (Lipinski definition) is 4. The topological polar surface area (TPSA) is 73.8 Å². The predicted molar refractivity (Wildman–Crippen MR) is 48.6 cm³/mol. The van der Waals surface area contributed by atoms with Crippen LogP contribution in [0.4, 0.5) is 0 Å². The highest BCUT2D eigenvalue weighted by molar-refractivity contribution is 6.30. The van der Waals surface area contributed by atoms with Gasteiger partial charge in [-0.1, -0.05) is 24.3 Å². The van der Waals surface area contributed by atoms with Crippen molar-refractivity contribution in [3.05, 3.63) is 36.8 Å². The van der Waals surface area contributed by atoms with Gasteiger partial charge in [0, 0.05) is 10.8 Å². The molecule has 68 valence electrons. The van der Waals surface area contributed by atoms with Gasteiger partial charge in [-0.3, -0.25) is 0 Å². The van der Waals surface area contributed by atoms with Gasteiger partial charge in [0.1, 0.15) is 0 Å². The first-order chi connectivity index (χ1) is 6.20. The first kappa shape index (κ1) is 9.79. The highest BCUT2D eigenvalue weighted by atomic mass is 16.5. The molecule has 0 amide bonds. The monoisotopic (exact) mass is 180 g/mol. The lowest BCUT2D eigenvalue weighted by Gasteiger charge is -1.80. The molecule has 4 nitrogen and oxygen atoms in total. The van der Waals surface area contributed by atoms with Crippen LogP contribution in [0.1, 0.15) is 0 Å². The molecule has 13 heavy (non-hydrogen) atoms. The third-order valence-corrected chi connectivity index (χ3v) is 1.39. The maximum Gasteiger partial charge on any atom is 0.631 e. The molecular formula is C8H9BO4. The van der Waals surface area contributed by atoms with Crippen LogP contribution in [0.2, 0.25) is 0 Å². The van der Waals surface area contributed by atoms with Crippen LogP contribution in [0.15, 0.2) is 41.2 Å². The molecule has 0 spiro atoms. The van der Waals surface area contributed by atoms with Crippen LogP contribution in [-0.4, -0.2) is 22.4 Å². The molecule has 2 rings (SSSR count). The molecule has 0 unspecified atom stereocenters. The van der Waals surface area contributed by atoms with E-state index >= 15 is 0 Å². The van der Waals surface area contributed by atoms with E-state index in [9.17, 15) is 0 Å². The minimum absolute atomic E-state index is 1.16. The third-order valence-electron chi connectivity index (χ3n) is 1.39. The molecule has 1 heterocycles. The van der Waals surface area contributed by atoms with Crippen molar-refractivity contribution in [3.8, 4) is 0 Å². The molecule has 3 N–H and O–H groups in total. The van der Waals surface area contributed by atoms with E-state index in [2.05, 4.69) is 0 Å². The second kappa shape index (κ2) is 4.66. The Labute approximate surface area is 75.2 Å². The van der Waals surface area contributed by atoms with Crippen molar-refractivity contribution in [2.75, 3.05) is 0 Å². The molecule has 0 radical (unpaired) electrons. The van der Waals surface area contributed by atoms with Gasteiger partial charge in [0.15, 0.2) is 0 Å². The van der Waals surface area contributed by atoms with Crippen LogP contribution < -0.4 is 0 Å². The van der Waals surface area contributed by atoms with Gasteiger partial charge in [0.25, 0.3) is 0 Å². The number of fused-ring (bicyclic) bond motifs is 1. The molecule has 0 saturated heterocycles. The van der Waals surface area contributed by atoms with Crippen LogP contribution in [0, 0.1) is 0 Å². The van der Waals surface area contributed by atoms with Crippen LogP contribution in [-0.2, 0) is 0 Å². The fourth-order valence-electron chi connectivity index (χ4n) is 0.906. The lowest BCUT2D eigenvalue weighted by molar-refractivity contribution is 0.278. The lowest BCUT2D eigenvalue weighted by Crippen LogP contribution is -2.07. The molecule has 0 aliphatic carbocycles. The number of rotatable bonds is 0. The lowest BCUT2D eigenvalue weighted by atomic mass is 10.2. The molecule has 1 aromatic carbocycles. The first-order valence-electron chi connectivity index (χ1n) is 3.65. The molecule has 1 aromatic heterocycles. The van der Waals surface area contributed by atoms with Crippen molar-refractivity contribution in [1.82, 2.24) is 0 Å². The number of furan rings is 1. The third kappa shape index (κ3) is 3.29. The highest BCUT2D eigenvalue weighted by Crippen LogP contribution is 2.12. The van der Waals surface area contributed by atoms with Crippen molar-refractivity contribution < 1.29 is 19.5 Å². The maximum atomic E-state index is 7.17. The fourth-order valence-corrected chi connectivity index (χ4v) is 0.906. The van der Waals surface area contributed by atoms with Crippen LogP contribution >= 0.6 is 0 Å². The van der Waals surface area contributed by atoms with E-state index < -0.39 is 7.32 Å². The Kier molecular flexibility index (Phi) is 3.51. The zero-order valence-electron chi connectivity index (χ0n) is 6.79. The quantitative estimate of drug-likeness (QED) is 0.512. The second-order valence-corrected chi connectivity index (χ2v) is 2.35. The Balaban J connectivity index is 0.000000184. The Morgan fingerprint density at radius 1 is 0.923 bits per heavy atom. The van der Waals surface area contributed by atoms with E-state index in [0.717, 1.165) is 10.8 Å². The van der Waals surface area contributed by atoms with Crippen molar-refractivity contribution >= 4 is 18.1 Å². The number of benzene rings is 1. The van der Waals surface area contributed by atoms with Crippen molar-refractivity contribution in [1.29, 1.82) is 0 Å². The second-order valence-electron chi connectivity index (χ2n) is 2.35. The first-order valence-corrected chi connectivity index (χ1v) is 3.65. The molecule has 0 fully saturated rings. The van der Waals surface area contributed by atoms with Crippen LogP contribution in [0.25, 0.3) is 10.8 Å². The van der Waals surface area contributed by atoms with Gasteiger partial charge in [-0.05, 0) is 0 Å². The van der Waals surface area contributed by atoms with E-state index in [1.54, 1.807) is 12.5 Å². The maximum absolute atomic E-state index is 7.17. The minimum atomic E-state index is -2.17. The van der Waals surface area contributed by atoms with Gasteiger partial charge >= 0.3 is 7.32 Å². The van der Waals surface area contributed by atoms with Gasteiger partial charge in [-0.25, -0.2) is 0 Å². The smallest absolute Gasteiger partial charge is 0.471 e. The highest BCUT2D eigenvalue weighted by Gasteiger charge is 1.92. The van der Waals surface area contributed by atoms with Gasteiger partial charge in [-0.15, -0.1) is 0 Å². The molecule has 0 aliphatic rings. The zero-order chi connectivity index (χ0) is 9.68. The van der Waals surface area contributed by atoms with Gasteiger partial charge < -0.3 is 19.5 Å². The summed E-state index contributed by atoms with van der Waals surface area (Å²) in [6, 6.07) is 8.05. The molecule has 0 bridgehead atoms. The van der Waals surface area contributed by atoms with E-state index in [4.69, 9.17) is 19.5 Å². The Hall–Kier alpha value is -1.30. The average Bonchev–Trinajstić information content (AvgIpc) is 2.49. The van der Waals surface area contributed by atoms with E-state index in [1.165, 1.54) is 0 Å². The number of hydrogen-bond donors (Lipinski definition) is 3.